The first kappa shape index (κ1) is 9.24. The molecule has 1 heterocycles. The topological polar surface area (TPSA) is 74.4 Å². The van der Waals surface area contributed by atoms with Crippen molar-refractivity contribution in [3.8, 4) is 5.75 Å². The maximum atomic E-state index is 11.2. The van der Waals surface area contributed by atoms with Gasteiger partial charge in [0, 0.05) is 19.3 Å². The summed E-state index contributed by atoms with van der Waals surface area (Å²) in [6.07, 6.45) is 1.41. The molecule has 0 radical (unpaired) electrons. The molecular formula is C7H8N2O4. The van der Waals surface area contributed by atoms with Crippen LogP contribution in [0, 0.1) is 10.1 Å². The first-order valence-corrected chi connectivity index (χ1v) is 3.46. The summed E-state index contributed by atoms with van der Waals surface area (Å²) in [5, 5.41) is 10.5. The van der Waals surface area contributed by atoms with Crippen molar-refractivity contribution in [3.63, 3.8) is 0 Å². The Bertz CT molecular complexity index is 396. The Morgan fingerprint density at radius 1 is 1.62 bits per heavy atom. The Labute approximate surface area is 73.5 Å². The summed E-state index contributed by atoms with van der Waals surface area (Å²) in [5.41, 5.74) is -1.21. The maximum Gasteiger partial charge on any atom is 0.375 e. The van der Waals surface area contributed by atoms with Gasteiger partial charge in [0.2, 0.25) is 5.75 Å². The number of aryl methyl sites for hydroxylation is 1. The molecule has 0 bridgehead atoms. The monoisotopic (exact) mass is 184 g/mol. The van der Waals surface area contributed by atoms with E-state index in [1.165, 1.54) is 26.4 Å². The molecule has 0 aliphatic carbocycles. The normalized spacial score (nSPS) is 9.69. The molecule has 0 unspecified atom stereocenters. The smallest absolute Gasteiger partial charge is 0.375 e. The predicted octanol–water partition coefficient (Wildman–Crippen LogP) is 0.302. The SMILES string of the molecule is COc1ccn(C)c(=O)c1[N+](=O)[O-]. The van der Waals surface area contributed by atoms with Crippen molar-refractivity contribution in [2.24, 2.45) is 7.05 Å². The van der Waals surface area contributed by atoms with Crippen molar-refractivity contribution in [1.82, 2.24) is 4.57 Å². The lowest BCUT2D eigenvalue weighted by molar-refractivity contribution is -0.387. The van der Waals surface area contributed by atoms with Gasteiger partial charge in [-0.25, -0.2) is 0 Å². The van der Waals surface area contributed by atoms with E-state index < -0.39 is 16.2 Å². The van der Waals surface area contributed by atoms with Gasteiger partial charge in [0.05, 0.1) is 12.0 Å². The third-order valence-corrected chi connectivity index (χ3v) is 1.61. The molecule has 0 aliphatic rings. The quantitative estimate of drug-likeness (QED) is 0.489. The van der Waals surface area contributed by atoms with Crippen LogP contribution in [0.3, 0.4) is 0 Å². The number of ether oxygens (including phenoxy) is 1. The van der Waals surface area contributed by atoms with Gasteiger partial charge in [0.1, 0.15) is 0 Å². The van der Waals surface area contributed by atoms with E-state index in [9.17, 15) is 14.9 Å². The number of pyridine rings is 1. The molecule has 0 aliphatic heterocycles. The highest BCUT2D eigenvalue weighted by Crippen LogP contribution is 2.20. The van der Waals surface area contributed by atoms with Crippen LogP contribution < -0.4 is 10.3 Å². The first-order chi connectivity index (χ1) is 6.07. The molecule has 0 atom stereocenters. The van der Waals surface area contributed by atoms with Gasteiger partial charge in [-0.2, -0.15) is 0 Å². The molecule has 0 fully saturated rings. The zero-order valence-electron chi connectivity index (χ0n) is 7.18. The van der Waals surface area contributed by atoms with Crippen molar-refractivity contribution < 1.29 is 9.66 Å². The van der Waals surface area contributed by atoms with E-state index in [1.54, 1.807) is 0 Å². The lowest BCUT2D eigenvalue weighted by atomic mass is 10.4. The van der Waals surface area contributed by atoms with Crippen LogP contribution in [0.15, 0.2) is 17.1 Å². The summed E-state index contributed by atoms with van der Waals surface area (Å²) in [6, 6.07) is 1.37. The molecule has 0 saturated heterocycles. The second kappa shape index (κ2) is 3.26. The van der Waals surface area contributed by atoms with Crippen molar-refractivity contribution >= 4 is 5.69 Å². The molecule has 70 valence electrons. The van der Waals surface area contributed by atoms with Gasteiger partial charge in [0.25, 0.3) is 0 Å². The van der Waals surface area contributed by atoms with Crippen molar-refractivity contribution in [2.75, 3.05) is 7.11 Å². The zero-order chi connectivity index (χ0) is 10.0. The lowest BCUT2D eigenvalue weighted by Crippen LogP contribution is -2.19. The third-order valence-electron chi connectivity index (χ3n) is 1.61. The van der Waals surface area contributed by atoms with Crippen molar-refractivity contribution in [2.45, 2.75) is 0 Å². The number of aromatic nitrogens is 1. The molecular weight excluding hydrogens is 176 g/mol. The van der Waals surface area contributed by atoms with Gasteiger partial charge < -0.3 is 9.30 Å². The fourth-order valence-electron chi connectivity index (χ4n) is 0.931. The molecule has 0 N–H and O–H groups in total. The van der Waals surface area contributed by atoms with Crippen LogP contribution >= 0.6 is 0 Å². The predicted molar refractivity (Wildman–Crippen MR) is 44.9 cm³/mol. The number of hydrogen-bond acceptors (Lipinski definition) is 4. The van der Waals surface area contributed by atoms with E-state index in [0.717, 1.165) is 4.57 Å². The minimum Gasteiger partial charge on any atom is -0.490 e. The summed E-state index contributed by atoms with van der Waals surface area (Å²) in [7, 11) is 2.72. The molecule has 1 aromatic heterocycles. The van der Waals surface area contributed by atoms with Crippen molar-refractivity contribution in [3.05, 3.63) is 32.7 Å². The van der Waals surface area contributed by atoms with E-state index in [4.69, 9.17) is 0 Å². The van der Waals surface area contributed by atoms with Crippen LogP contribution in [-0.4, -0.2) is 16.6 Å². The molecule has 1 rings (SSSR count). The van der Waals surface area contributed by atoms with E-state index in [2.05, 4.69) is 4.74 Å². The lowest BCUT2D eigenvalue weighted by Gasteiger charge is -2.01. The average Bonchev–Trinajstić information content (AvgIpc) is 2.08. The fourth-order valence-corrected chi connectivity index (χ4v) is 0.931. The number of nitro groups is 1. The van der Waals surface area contributed by atoms with Crippen molar-refractivity contribution in [1.29, 1.82) is 0 Å². The highest BCUT2D eigenvalue weighted by atomic mass is 16.6. The standard InChI is InChI=1S/C7H8N2O4/c1-8-4-3-5(13-2)6(7(8)10)9(11)12/h3-4H,1-2H3. The second-order valence-corrected chi connectivity index (χ2v) is 2.41. The Kier molecular flexibility index (Phi) is 2.32. The molecule has 6 nitrogen and oxygen atoms in total. The zero-order valence-corrected chi connectivity index (χ0v) is 7.18. The minimum atomic E-state index is -0.749. The number of hydrogen-bond donors (Lipinski definition) is 0. The summed E-state index contributed by atoms with van der Waals surface area (Å²) in [6.45, 7) is 0. The van der Waals surface area contributed by atoms with Crippen LogP contribution in [0.25, 0.3) is 0 Å². The van der Waals surface area contributed by atoms with Gasteiger partial charge in [0.15, 0.2) is 0 Å². The summed E-state index contributed by atoms with van der Waals surface area (Å²) < 4.78 is 5.81. The Hall–Kier alpha value is -1.85. The number of nitrogens with zero attached hydrogens (tertiary/aromatic N) is 2. The fraction of sp³-hybridized carbons (Fsp3) is 0.286. The third kappa shape index (κ3) is 1.51. The molecule has 13 heavy (non-hydrogen) atoms. The second-order valence-electron chi connectivity index (χ2n) is 2.41. The van der Waals surface area contributed by atoms with Crippen LogP contribution in [0.1, 0.15) is 0 Å². The Morgan fingerprint density at radius 2 is 2.23 bits per heavy atom. The maximum absolute atomic E-state index is 11.2. The summed E-state index contributed by atoms with van der Waals surface area (Å²) >= 11 is 0. The van der Waals surface area contributed by atoms with Crippen LogP contribution in [0.2, 0.25) is 0 Å². The summed E-state index contributed by atoms with van der Waals surface area (Å²) in [5.74, 6) is -0.0203. The highest BCUT2D eigenvalue weighted by Gasteiger charge is 2.20. The summed E-state index contributed by atoms with van der Waals surface area (Å²) in [4.78, 5) is 20.9. The largest absolute Gasteiger partial charge is 0.490 e. The van der Waals surface area contributed by atoms with Gasteiger partial charge in [-0.3, -0.25) is 14.9 Å². The first-order valence-electron chi connectivity index (χ1n) is 3.46. The molecule has 0 spiro atoms. The number of rotatable bonds is 2. The molecule has 1 aromatic rings. The Morgan fingerprint density at radius 3 is 2.69 bits per heavy atom. The average molecular weight is 184 g/mol. The van der Waals surface area contributed by atoms with Gasteiger partial charge in [-0.1, -0.05) is 0 Å². The van der Waals surface area contributed by atoms with Gasteiger partial charge in [-0.15, -0.1) is 0 Å². The van der Waals surface area contributed by atoms with Crippen LogP contribution in [0.4, 0.5) is 5.69 Å². The highest BCUT2D eigenvalue weighted by molar-refractivity contribution is 5.43. The van der Waals surface area contributed by atoms with Crippen LogP contribution in [0.5, 0.6) is 5.75 Å². The minimum absolute atomic E-state index is 0.0203. The van der Waals surface area contributed by atoms with Gasteiger partial charge in [-0.05, 0) is 0 Å². The molecule has 0 saturated carbocycles. The molecule has 0 aromatic carbocycles. The van der Waals surface area contributed by atoms with Gasteiger partial charge >= 0.3 is 11.2 Å². The molecule has 0 amide bonds. The van der Waals surface area contributed by atoms with E-state index >= 15 is 0 Å². The van der Waals surface area contributed by atoms with E-state index in [1.807, 2.05) is 0 Å². The van der Waals surface area contributed by atoms with Crippen LogP contribution in [-0.2, 0) is 7.05 Å². The van der Waals surface area contributed by atoms with E-state index in [-0.39, 0.29) is 5.75 Å². The molecule has 6 heteroatoms. The number of methoxy groups -OCH3 is 1. The van der Waals surface area contributed by atoms with E-state index in [0.29, 0.717) is 0 Å². The Balaban J connectivity index is 3.51.